The van der Waals surface area contributed by atoms with Gasteiger partial charge >= 0.3 is 101 Å². The van der Waals surface area contributed by atoms with Crippen LogP contribution in [0.3, 0.4) is 0 Å². The van der Waals surface area contributed by atoms with E-state index in [2.05, 4.69) is 44.2 Å². The molecule has 1 aromatic rings. The minimum Gasteiger partial charge on any atom is -1.00 e. The third kappa shape index (κ3) is 4.09. The molecule has 92 valence electrons. The van der Waals surface area contributed by atoms with E-state index in [0.717, 1.165) is 9.59 Å². The predicted octanol–water partition coefficient (Wildman–Crippen LogP) is -5.27. The van der Waals surface area contributed by atoms with Crippen molar-refractivity contribution in [3.05, 3.63) is 41.5 Å². The SMILES string of the molecule is CCC(C)C1=C[CH]([Hf+3])c2ccccc21.[Cl-].[Cl-].[Cl-]. The van der Waals surface area contributed by atoms with Gasteiger partial charge in [-0.2, -0.15) is 0 Å². The quantitative estimate of drug-likeness (QED) is 0.391. The molecule has 0 saturated carbocycles. The molecule has 1 aliphatic carbocycles. The molecule has 0 amide bonds. The summed E-state index contributed by atoms with van der Waals surface area (Å²) in [5.74, 6) is 0.718. The number of fused-ring (bicyclic) bond motifs is 1. The fourth-order valence-corrected chi connectivity index (χ4v) is 3.59. The molecule has 0 aromatic heterocycles. The first-order valence-electron chi connectivity index (χ1n) is 5.26. The summed E-state index contributed by atoms with van der Waals surface area (Å²) < 4.78 is 0.746. The van der Waals surface area contributed by atoms with Crippen LogP contribution < -0.4 is 37.2 Å². The van der Waals surface area contributed by atoms with Crippen LogP contribution in [0.15, 0.2) is 30.3 Å². The molecule has 1 aromatic carbocycles. The van der Waals surface area contributed by atoms with E-state index in [1.165, 1.54) is 36.4 Å². The van der Waals surface area contributed by atoms with Gasteiger partial charge in [-0.3, -0.25) is 0 Å². The number of allylic oxidation sites excluding steroid dienone is 2. The molecule has 17 heavy (non-hydrogen) atoms. The first-order chi connectivity index (χ1) is 6.74. The second-order valence-electron chi connectivity index (χ2n) is 4.00. The monoisotopic (exact) mass is 456 g/mol. The second kappa shape index (κ2) is 8.74. The van der Waals surface area contributed by atoms with E-state index in [1.807, 2.05) is 0 Å². The molecule has 0 spiro atoms. The molecular formula is C13H15Cl3Hf. The van der Waals surface area contributed by atoms with E-state index in [9.17, 15) is 0 Å². The van der Waals surface area contributed by atoms with E-state index < -0.39 is 0 Å². The van der Waals surface area contributed by atoms with Crippen molar-refractivity contribution in [1.82, 2.24) is 0 Å². The zero-order chi connectivity index (χ0) is 10.1. The smallest absolute Gasteiger partial charge is 1.00 e. The minimum absolute atomic E-state index is 0. The average molecular weight is 456 g/mol. The average Bonchev–Trinajstić information content (AvgIpc) is 2.56. The summed E-state index contributed by atoms with van der Waals surface area (Å²) in [6, 6.07) is 8.90. The first-order valence-corrected chi connectivity index (χ1v) is 7.33. The van der Waals surface area contributed by atoms with Crippen LogP contribution in [0.25, 0.3) is 5.57 Å². The van der Waals surface area contributed by atoms with Gasteiger partial charge in [0.05, 0.1) is 0 Å². The van der Waals surface area contributed by atoms with Crippen molar-refractivity contribution in [2.45, 2.75) is 23.9 Å². The Balaban J connectivity index is 0. The zero-order valence-electron chi connectivity index (χ0n) is 9.88. The second-order valence-corrected chi connectivity index (χ2v) is 6.23. The maximum Gasteiger partial charge on any atom is -1.00 e. The van der Waals surface area contributed by atoms with E-state index in [0.29, 0.717) is 0 Å². The van der Waals surface area contributed by atoms with Crippen molar-refractivity contribution in [2.75, 3.05) is 0 Å². The maximum atomic E-state index is 2.49. The topological polar surface area (TPSA) is 0 Å². The van der Waals surface area contributed by atoms with Gasteiger partial charge in [0.25, 0.3) is 0 Å². The molecule has 0 bridgehead atoms. The summed E-state index contributed by atoms with van der Waals surface area (Å²) in [6.45, 7) is 4.61. The molecule has 1 aliphatic rings. The van der Waals surface area contributed by atoms with Gasteiger partial charge in [0.15, 0.2) is 0 Å². The van der Waals surface area contributed by atoms with Gasteiger partial charge in [-0.1, -0.05) is 0 Å². The Morgan fingerprint density at radius 3 is 2.35 bits per heavy atom. The summed E-state index contributed by atoms with van der Waals surface area (Å²) in [5.41, 5.74) is 4.67. The summed E-state index contributed by atoms with van der Waals surface area (Å²) in [4.78, 5) is 0. The fraction of sp³-hybridized carbons (Fsp3) is 0.385. The zero-order valence-corrected chi connectivity index (χ0v) is 15.7. The number of rotatable bonds is 2. The van der Waals surface area contributed by atoms with Crippen molar-refractivity contribution in [3.8, 4) is 0 Å². The molecule has 2 rings (SSSR count). The van der Waals surface area contributed by atoms with E-state index in [4.69, 9.17) is 0 Å². The number of hydrogen-bond acceptors (Lipinski definition) is 0. The van der Waals surface area contributed by atoms with Crippen LogP contribution in [-0.2, 0) is 24.4 Å². The Hall–Kier alpha value is 0.700. The van der Waals surface area contributed by atoms with E-state index in [-0.39, 0.29) is 37.2 Å². The van der Waals surface area contributed by atoms with Gasteiger partial charge in [0.2, 0.25) is 0 Å². The molecule has 2 atom stereocenters. The summed E-state index contributed by atoms with van der Waals surface area (Å²) >= 11 is 1.24. The summed E-state index contributed by atoms with van der Waals surface area (Å²) in [6.07, 6.45) is 3.74. The molecule has 2 unspecified atom stereocenters. The van der Waals surface area contributed by atoms with Gasteiger partial charge in [0, 0.05) is 0 Å². The minimum atomic E-state index is 0. The Kier molecular flexibility index (Phi) is 10.3. The fourth-order valence-electron chi connectivity index (χ4n) is 2.04. The molecule has 0 radical (unpaired) electrons. The van der Waals surface area contributed by atoms with Crippen LogP contribution in [0.4, 0.5) is 0 Å². The van der Waals surface area contributed by atoms with Gasteiger partial charge in [0.1, 0.15) is 0 Å². The van der Waals surface area contributed by atoms with Crippen molar-refractivity contribution in [1.29, 1.82) is 0 Å². The van der Waals surface area contributed by atoms with Crippen LogP contribution in [0, 0.1) is 5.92 Å². The Morgan fingerprint density at radius 2 is 1.76 bits per heavy atom. The van der Waals surface area contributed by atoms with Gasteiger partial charge in [-0.05, 0) is 0 Å². The molecule has 0 aliphatic heterocycles. The molecule has 0 nitrogen and oxygen atoms in total. The molecule has 0 fully saturated rings. The van der Waals surface area contributed by atoms with Crippen molar-refractivity contribution in [2.24, 2.45) is 5.92 Å². The molecular weight excluding hydrogens is 441 g/mol. The summed E-state index contributed by atoms with van der Waals surface area (Å²) in [7, 11) is 0. The van der Waals surface area contributed by atoms with Crippen molar-refractivity contribution in [3.63, 3.8) is 0 Å². The van der Waals surface area contributed by atoms with Crippen LogP contribution in [0.5, 0.6) is 0 Å². The maximum absolute atomic E-state index is 2.49. The molecule has 4 heteroatoms. The van der Waals surface area contributed by atoms with E-state index >= 15 is 0 Å². The van der Waals surface area contributed by atoms with Crippen LogP contribution in [0.1, 0.15) is 35.1 Å². The van der Waals surface area contributed by atoms with Crippen LogP contribution >= 0.6 is 0 Å². The number of halogens is 3. The van der Waals surface area contributed by atoms with Crippen LogP contribution in [0.2, 0.25) is 0 Å². The normalized spacial score (nSPS) is 17.9. The van der Waals surface area contributed by atoms with E-state index in [1.54, 1.807) is 11.1 Å². The van der Waals surface area contributed by atoms with Crippen molar-refractivity contribution < 1.29 is 61.6 Å². The number of hydrogen-bond donors (Lipinski definition) is 0. The standard InChI is InChI=1S/C13H15.3ClH.Hf/c1-3-10(2)12-9-8-11-6-4-5-7-13(11)12;;;;/h4-10H,3H2,1-2H3;3*1H;/q;;;;+3/p-3. The molecule has 0 N–H and O–H groups in total. The van der Waals surface area contributed by atoms with Gasteiger partial charge in [-0.15, -0.1) is 0 Å². The van der Waals surface area contributed by atoms with Gasteiger partial charge < -0.3 is 37.2 Å². The third-order valence-corrected chi connectivity index (χ3v) is 4.81. The molecule has 0 saturated heterocycles. The molecule has 0 heterocycles. The Bertz CT molecular complexity index is 377. The van der Waals surface area contributed by atoms with Gasteiger partial charge in [-0.25, -0.2) is 0 Å². The van der Waals surface area contributed by atoms with Crippen molar-refractivity contribution >= 4 is 5.57 Å². The third-order valence-electron chi connectivity index (χ3n) is 3.10. The number of benzene rings is 1. The Labute approximate surface area is 137 Å². The summed E-state index contributed by atoms with van der Waals surface area (Å²) in [5, 5.41) is 0. The Morgan fingerprint density at radius 1 is 1.18 bits per heavy atom. The first kappa shape index (κ1) is 20.0. The largest absolute Gasteiger partial charge is 1.00 e. The van der Waals surface area contributed by atoms with Crippen LogP contribution in [-0.4, -0.2) is 0 Å². The predicted molar refractivity (Wildman–Crippen MR) is 56.6 cm³/mol.